The minimum absolute atomic E-state index is 0.927. The summed E-state index contributed by atoms with van der Waals surface area (Å²) in [5.74, 6) is 0.927. The van der Waals surface area contributed by atoms with E-state index in [2.05, 4.69) is 197 Å². The molecule has 11 rings (SSSR count). The number of para-hydroxylation sites is 4. The summed E-state index contributed by atoms with van der Waals surface area (Å²) in [5, 5.41) is 4.98. The van der Waals surface area contributed by atoms with Gasteiger partial charge in [-0.2, -0.15) is 0 Å². The van der Waals surface area contributed by atoms with Gasteiger partial charge in [-0.05, 0) is 66.7 Å². The van der Waals surface area contributed by atoms with Gasteiger partial charge in [0.05, 0.1) is 33.4 Å². The van der Waals surface area contributed by atoms with Crippen LogP contribution >= 0.6 is 10.0 Å². The molecular weight excluding hydrogens is 639 g/mol. The number of aromatic nitrogens is 3. The molecule has 0 unspecified atom stereocenters. The zero-order valence-corrected chi connectivity index (χ0v) is 28.5. The number of hydrogen-bond donors (Lipinski definition) is 0. The average molecular weight is 670 g/mol. The van der Waals surface area contributed by atoms with E-state index in [0.717, 1.165) is 22.5 Å². The lowest BCUT2D eigenvalue weighted by Gasteiger charge is -2.40. The fraction of sp³-hybridized carbons (Fsp3) is 0. The van der Waals surface area contributed by atoms with Gasteiger partial charge in [0.2, 0.25) is 0 Å². The highest BCUT2D eigenvalue weighted by atomic mass is 32.3. The van der Waals surface area contributed by atoms with Crippen LogP contribution < -0.4 is 0 Å². The van der Waals surface area contributed by atoms with E-state index in [9.17, 15) is 0 Å². The van der Waals surface area contributed by atoms with Crippen molar-refractivity contribution in [1.29, 1.82) is 0 Å². The van der Waals surface area contributed by atoms with E-state index in [1.165, 1.54) is 63.4 Å². The first-order chi connectivity index (χ1) is 25.3. The molecule has 1 aliphatic heterocycles. The van der Waals surface area contributed by atoms with Crippen molar-refractivity contribution in [2.45, 2.75) is 19.6 Å². The number of benzene rings is 7. The van der Waals surface area contributed by atoms with Crippen molar-refractivity contribution in [1.82, 2.24) is 14.1 Å². The van der Waals surface area contributed by atoms with Gasteiger partial charge in [-0.3, -0.25) is 4.57 Å². The Labute approximate surface area is 297 Å². The highest BCUT2D eigenvalue weighted by Gasteiger charge is 2.45. The topological polar surface area (TPSA) is 22.8 Å². The second-order valence-corrected chi connectivity index (χ2v) is 16.2. The first-order valence-corrected chi connectivity index (χ1v) is 19.0. The summed E-state index contributed by atoms with van der Waals surface area (Å²) in [6.07, 6.45) is 0. The maximum absolute atomic E-state index is 5.71. The molecule has 0 saturated heterocycles. The number of pyridine rings is 1. The molecule has 7 aromatic carbocycles. The van der Waals surface area contributed by atoms with Crippen LogP contribution in [0.25, 0.3) is 66.4 Å². The summed E-state index contributed by atoms with van der Waals surface area (Å²) >= 11 is 0. The monoisotopic (exact) mass is 669 g/mol. The molecule has 4 heterocycles. The molecule has 10 aromatic rings. The zero-order chi connectivity index (χ0) is 33.5. The van der Waals surface area contributed by atoms with E-state index in [0.29, 0.717) is 0 Å². The van der Waals surface area contributed by atoms with Crippen LogP contribution in [0.1, 0.15) is 0 Å². The average Bonchev–Trinajstić information content (AvgIpc) is 3.83. The molecule has 1 aliphatic rings. The predicted octanol–water partition coefficient (Wildman–Crippen LogP) is 12.6. The molecule has 0 atom stereocenters. The van der Waals surface area contributed by atoms with Crippen molar-refractivity contribution in [3.63, 3.8) is 0 Å². The van der Waals surface area contributed by atoms with Crippen molar-refractivity contribution in [3.05, 3.63) is 188 Å². The smallest absolute Gasteiger partial charge is 0.138 e. The second-order valence-electron chi connectivity index (χ2n) is 13.1. The largest absolute Gasteiger partial charge is 0.308 e. The molecule has 0 amide bonds. The van der Waals surface area contributed by atoms with E-state index in [1.54, 1.807) is 0 Å². The molecule has 51 heavy (non-hydrogen) atoms. The minimum Gasteiger partial charge on any atom is -0.308 e. The Balaban J connectivity index is 1.30. The first kappa shape index (κ1) is 28.5. The number of rotatable bonds is 4. The second kappa shape index (κ2) is 10.8. The third-order valence-corrected chi connectivity index (χ3v) is 14.5. The number of nitrogens with zero attached hydrogens (tertiary/aromatic N) is 3. The number of hydrogen-bond acceptors (Lipinski definition) is 1. The van der Waals surface area contributed by atoms with Gasteiger partial charge in [0.25, 0.3) is 0 Å². The fourth-order valence-electron chi connectivity index (χ4n) is 8.55. The van der Waals surface area contributed by atoms with Crippen LogP contribution in [0.15, 0.2) is 208 Å². The molecule has 3 aromatic heterocycles. The highest BCUT2D eigenvalue weighted by Crippen LogP contribution is 2.80. The Morgan fingerprint density at radius 2 is 0.824 bits per heavy atom. The van der Waals surface area contributed by atoms with Crippen molar-refractivity contribution < 1.29 is 0 Å². The van der Waals surface area contributed by atoms with Gasteiger partial charge < -0.3 is 4.57 Å². The van der Waals surface area contributed by atoms with E-state index < -0.39 is 10.0 Å². The van der Waals surface area contributed by atoms with E-state index in [1.807, 2.05) is 0 Å². The summed E-state index contributed by atoms with van der Waals surface area (Å²) in [6.45, 7) is 0. The normalized spacial score (nSPS) is 13.9. The Morgan fingerprint density at radius 3 is 1.33 bits per heavy atom. The number of fused-ring (bicyclic) bond motifs is 9. The van der Waals surface area contributed by atoms with Gasteiger partial charge in [-0.1, -0.05) is 121 Å². The van der Waals surface area contributed by atoms with E-state index in [-0.39, 0.29) is 0 Å². The molecule has 240 valence electrons. The van der Waals surface area contributed by atoms with Crippen LogP contribution in [0.2, 0.25) is 0 Å². The maximum Gasteiger partial charge on any atom is 0.138 e. The molecule has 0 fully saturated rings. The van der Waals surface area contributed by atoms with Crippen LogP contribution in [0.5, 0.6) is 0 Å². The van der Waals surface area contributed by atoms with Gasteiger partial charge in [0.1, 0.15) is 5.82 Å². The summed E-state index contributed by atoms with van der Waals surface area (Å²) in [4.78, 5) is 10.9. The Hall–Kier alpha value is -6.36. The highest BCUT2D eigenvalue weighted by molar-refractivity contribution is 8.34. The predicted molar refractivity (Wildman–Crippen MR) is 212 cm³/mol. The maximum atomic E-state index is 5.71. The molecular formula is C47H31N3S. The molecule has 0 radical (unpaired) electrons. The molecule has 0 aliphatic carbocycles. The van der Waals surface area contributed by atoms with Crippen LogP contribution in [0.3, 0.4) is 0 Å². The van der Waals surface area contributed by atoms with Gasteiger partial charge in [0.15, 0.2) is 0 Å². The Morgan fingerprint density at radius 1 is 0.373 bits per heavy atom. The Kier molecular flexibility index (Phi) is 6.04. The summed E-state index contributed by atoms with van der Waals surface area (Å²) in [6, 6.07) is 68.8. The lowest BCUT2D eigenvalue weighted by Crippen LogP contribution is -2.06. The summed E-state index contributed by atoms with van der Waals surface area (Å²) in [7, 11) is -1.99. The van der Waals surface area contributed by atoms with Crippen LogP contribution in [0, 0.1) is 0 Å². The lowest BCUT2D eigenvalue weighted by atomic mass is 10.1. The van der Waals surface area contributed by atoms with Gasteiger partial charge in [-0.25, -0.2) is 4.98 Å². The third-order valence-electron chi connectivity index (χ3n) is 10.6. The first-order valence-electron chi connectivity index (χ1n) is 17.4. The van der Waals surface area contributed by atoms with Crippen molar-refractivity contribution in [3.8, 4) is 22.8 Å². The van der Waals surface area contributed by atoms with E-state index >= 15 is 0 Å². The molecule has 0 bridgehead atoms. The molecule has 4 heteroatoms. The van der Waals surface area contributed by atoms with Crippen LogP contribution in [-0.2, 0) is 0 Å². The van der Waals surface area contributed by atoms with Crippen LogP contribution in [-0.4, -0.2) is 14.1 Å². The molecule has 0 spiro atoms. The molecule has 0 N–H and O–H groups in total. The van der Waals surface area contributed by atoms with Crippen molar-refractivity contribution >= 4 is 53.6 Å². The SMILES string of the molecule is c1ccc(S2(c3ccccc3)c3ccc(-n4c5ccccc5c5ccccc54)nc3-c3cccc(-n4c5ccccc5c5ccccc54)c32)cc1. The quantitative estimate of drug-likeness (QED) is 0.183. The van der Waals surface area contributed by atoms with Gasteiger partial charge in [-0.15, -0.1) is 10.0 Å². The Bertz CT molecular complexity index is 2830. The molecule has 0 saturated carbocycles. The standard InChI is InChI=1S/C47H31N3S/c1-3-16-32(17-4-1)51(33-18-5-2-6-19-33)44-30-31-45(50-41-27-13-9-22-36(41)37-23-10-14-28-42(37)50)48-46(44)38-24-15-29-43(47(38)51)49-39-25-11-7-20-34(39)35-21-8-12-26-40(35)49/h1-31H. The third kappa shape index (κ3) is 3.83. The van der Waals surface area contributed by atoms with Gasteiger partial charge >= 0.3 is 0 Å². The summed E-state index contributed by atoms with van der Waals surface area (Å²) in [5.41, 5.74) is 8.17. The minimum atomic E-state index is -1.99. The fourth-order valence-corrected chi connectivity index (χ4v) is 12.8. The summed E-state index contributed by atoms with van der Waals surface area (Å²) < 4.78 is 4.83. The van der Waals surface area contributed by atoms with Crippen LogP contribution in [0.4, 0.5) is 0 Å². The lowest BCUT2D eigenvalue weighted by molar-refractivity contribution is 1.06. The van der Waals surface area contributed by atoms with E-state index in [4.69, 9.17) is 4.98 Å². The van der Waals surface area contributed by atoms with Gasteiger partial charge in [0, 0.05) is 46.7 Å². The van der Waals surface area contributed by atoms with Crippen molar-refractivity contribution in [2.75, 3.05) is 0 Å². The van der Waals surface area contributed by atoms with Crippen molar-refractivity contribution in [2.24, 2.45) is 0 Å². The molecule has 3 nitrogen and oxygen atoms in total. The zero-order valence-electron chi connectivity index (χ0n) is 27.6.